The first-order valence-electron chi connectivity index (χ1n) is 15.7. The molecule has 5 rings (SSSR count). The van der Waals surface area contributed by atoms with Gasteiger partial charge in [0.25, 0.3) is 0 Å². The van der Waals surface area contributed by atoms with E-state index in [1.807, 2.05) is 0 Å². The van der Waals surface area contributed by atoms with E-state index in [-0.39, 0.29) is 35.1 Å². The minimum Gasteiger partial charge on any atom is -0.504 e. The molecule has 0 bridgehead atoms. The minimum absolute atomic E-state index is 0.0523. The number of phenolic OH excluding ortho intramolecular Hbond substituents is 1. The number of hydrogen-bond donors (Lipinski definition) is 2. The molecule has 0 aromatic heterocycles. The van der Waals surface area contributed by atoms with Crippen molar-refractivity contribution >= 4 is 17.8 Å². The molecule has 49 heavy (non-hydrogen) atoms. The second-order valence-electron chi connectivity index (χ2n) is 12.1. The number of halogens is 1. The summed E-state index contributed by atoms with van der Waals surface area (Å²) in [6, 6.07) is 25.4. The Kier molecular flexibility index (Phi) is 11.0. The minimum atomic E-state index is -1.42. The predicted molar refractivity (Wildman–Crippen MR) is 178 cm³/mol. The van der Waals surface area contributed by atoms with E-state index in [9.17, 15) is 23.9 Å². The normalized spacial score (nSPS) is 19.8. The summed E-state index contributed by atoms with van der Waals surface area (Å²) < 4.78 is 44.7. The monoisotopic (exact) mass is 671 g/mol. The molecule has 1 fully saturated rings. The van der Waals surface area contributed by atoms with Gasteiger partial charge in [0.15, 0.2) is 17.6 Å². The Morgan fingerprint density at radius 1 is 0.857 bits per heavy atom. The zero-order valence-corrected chi connectivity index (χ0v) is 27.6. The highest BCUT2D eigenvalue weighted by atomic mass is 19.1. The fraction of sp³-hybridized carbons (Fsp3) is 0.289. The van der Waals surface area contributed by atoms with Crippen molar-refractivity contribution in [3.05, 3.63) is 120 Å². The maximum Gasteiger partial charge on any atom is 0.338 e. The first-order chi connectivity index (χ1) is 23.5. The second kappa shape index (κ2) is 15.3. The van der Waals surface area contributed by atoms with Crippen LogP contribution in [0.4, 0.5) is 4.39 Å². The van der Waals surface area contributed by atoms with Crippen molar-refractivity contribution in [1.29, 1.82) is 0 Å². The van der Waals surface area contributed by atoms with Crippen molar-refractivity contribution in [2.45, 2.75) is 57.4 Å². The summed E-state index contributed by atoms with van der Waals surface area (Å²) in [6.07, 6.45) is -4.66. The van der Waals surface area contributed by atoms with Crippen LogP contribution in [0.5, 0.6) is 11.5 Å². The van der Waals surface area contributed by atoms with E-state index in [4.69, 9.17) is 23.7 Å². The van der Waals surface area contributed by atoms with Crippen molar-refractivity contribution < 1.29 is 47.6 Å². The molecule has 1 heterocycles. The molecule has 1 aliphatic heterocycles. The van der Waals surface area contributed by atoms with Gasteiger partial charge in [-0.15, -0.1) is 0 Å². The van der Waals surface area contributed by atoms with Crippen molar-refractivity contribution in [3.8, 4) is 22.6 Å². The molecule has 0 spiro atoms. The number of amides is 1. The molecular formula is C38H38FNO9. The van der Waals surface area contributed by atoms with Crippen LogP contribution in [-0.2, 0) is 30.2 Å². The molecule has 2 N–H and O–H groups in total. The SMILES string of the molecule is CO[C@@H]1[C@@H](OC(=O)c2ccccc2)[C@@H](OC(=O)c2ccccc2)[C@H](Oc2cc(CCNC(C)=O)c(-c3cccc(F)c3)cc2O)OC1(C)C. The topological polar surface area (TPSA) is 130 Å². The molecule has 0 aliphatic carbocycles. The molecule has 1 amide bonds. The van der Waals surface area contributed by atoms with Crippen LogP contribution in [0.15, 0.2) is 97.1 Å². The van der Waals surface area contributed by atoms with Gasteiger partial charge in [-0.3, -0.25) is 4.79 Å². The van der Waals surface area contributed by atoms with Crippen molar-refractivity contribution in [1.82, 2.24) is 5.32 Å². The van der Waals surface area contributed by atoms with E-state index in [1.54, 1.807) is 92.7 Å². The Labute approximate surface area is 283 Å². The third kappa shape index (κ3) is 8.43. The Morgan fingerprint density at radius 3 is 2.04 bits per heavy atom. The highest BCUT2D eigenvalue weighted by molar-refractivity contribution is 5.90. The predicted octanol–water partition coefficient (Wildman–Crippen LogP) is 5.86. The fourth-order valence-corrected chi connectivity index (χ4v) is 5.78. The van der Waals surface area contributed by atoms with E-state index < -0.39 is 48.0 Å². The number of carbonyl (C=O) groups excluding carboxylic acids is 3. The molecule has 11 heteroatoms. The number of phenols is 1. The van der Waals surface area contributed by atoms with E-state index in [0.29, 0.717) is 23.1 Å². The average Bonchev–Trinajstić information content (AvgIpc) is 3.08. The summed E-state index contributed by atoms with van der Waals surface area (Å²) in [5.74, 6) is -2.48. The fourth-order valence-electron chi connectivity index (χ4n) is 5.78. The van der Waals surface area contributed by atoms with Crippen LogP contribution in [-0.4, -0.2) is 66.8 Å². The molecule has 4 aromatic carbocycles. The van der Waals surface area contributed by atoms with Crippen LogP contribution < -0.4 is 10.1 Å². The number of ether oxygens (including phenoxy) is 5. The van der Waals surface area contributed by atoms with Crippen LogP contribution in [0, 0.1) is 5.82 Å². The highest BCUT2D eigenvalue weighted by Gasteiger charge is 2.56. The third-order valence-electron chi connectivity index (χ3n) is 8.09. The van der Waals surface area contributed by atoms with Gasteiger partial charge in [-0.2, -0.15) is 0 Å². The Hall–Kier alpha value is -5.26. The van der Waals surface area contributed by atoms with Crippen molar-refractivity contribution in [2.24, 2.45) is 0 Å². The Morgan fingerprint density at radius 2 is 1.47 bits per heavy atom. The van der Waals surface area contributed by atoms with E-state index in [0.717, 1.165) is 0 Å². The molecule has 4 aromatic rings. The number of esters is 2. The highest BCUT2D eigenvalue weighted by Crippen LogP contribution is 2.40. The van der Waals surface area contributed by atoms with E-state index in [1.165, 1.54) is 32.2 Å². The first kappa shape index (κ1) is 35.1. The summed E-state index contributed by atoms with van der Waals surface area (Å²) in [6.45, 7) is 5.06. The number of rotatable bonds is 11. The van der Waals surface area contributed by atoms with Gasteiger partial charge in [0, 0.05) is 20.6 Å². The quantitative estimate of drug-likeness (QED) is 0.189. The van der Waals surface area contributed by atoms with Crippen LogP contribution in [0.1, 0.15) is 47.1 Å². The summed E-state index contributed by atoms with van der Waals surface area (Å²) in [5.41, 5.74) is 0.961. The molecule has 4 atom stereocenters. The molecule has 10 nitrogen and oxygen atoms in total. The lowest BCUT2D eigenvalue weighted by molar-refractivity contribution is -0.304. The summed E-state index contributed by atoms with van der Waals surface area (Å²) in [7, 11) is 1.43. The third-order valence-corrected chi connectivity index (χ3v) is 8.09. The van der Waals surface area contributed by atoms with Gasteiger partial charge in [-0.25, -0.2) is 14.0 Å². The zero-order valence-electron chi connectivity index (χ0n) is 27.6. The molecule has 0 saturated carbocycles. The van der Waals surface area contributed by atoms with Crippen LogP contribution in [0.3, 0.4) is 0 Å². The Balaban J connectivity index is 1.56. The van der Waals surface area contributed by atoms with Gasteiger partial charge in [-0.05, 0) is 85.5 Å². The maximum absolute atomic E-state index is 14.2. The van der Waals surface area contributed by atoms with Crippen molar-refractivity contribution in [2.75, 3.05) is 13.7 Å². The molecule has 1 aliphatic rings. The number of benzene rings is 4. The lowest BCUT2D eigenvalue weighted by Crippen LogP contribution is -2.66. The second-order valence-corrected chi connectivity index (χ2v) is 12.1. The van der Waals surface area contributed by atoms with Gasteiger partial charge in [0.05, 0.1) is 16.7 Å². The lowest BCUT2D eigenvalue weighted by atomic mass is 9.89. The first-order valence-corrected chi connectivity index (χ1v) is 15.7. The summed E-state index contributed by atoms with van der Waals surface area (Å²) >= 11 is 0. The van der Waals surface area contributed by atoms with Gasteiger partial charge < -0.3 is 34.1 Å². The van der Waals surface area contributed by atoms with Crippen LogP contribution in [0.2, 0.25) is 0 Å². The number of aromatic hydroxyl groups is 1. The van der Waals surface area contributed by atoms with E-state index in [2.05, 4.69) is 5.32 Å². The van der Waals surface area contributed by atoms with E-state index >= 15 is 0 Å². The number of methoxy groups -OCH3 is 1. The molecule has 0 radical (unpaired) electrons. The Bertz CT molecular complexity index is 1780. The van der Waals surface area contributed by atoms with Gasteiger partial charge in [-0.1, -0.05) is 48.5 Å². The standard InChI is InChI=1S/C38H38FNO9/c1-23(41)40-19-18-27-21-31(30(42)22-29(27)26-16-11-17-28(39)20-26)46-37-33(48-36(44)25-14-9-6-10-15-25)32(34(45-4)38(2,3)49-37)47-35(43)24-12-7-5-8-13-24/h5-17,20-22,32-34,37,42H,18-19H2,1-4H3,(H,40,41)/t32-,33+,34+,37+/m0/s1. The molecule has 256 valence electrons. The number of nitrogens with one attached hydrogen (secondary N) is 1. The van der Waals surface area contributed by atoms with Gasteiger partial charge >= 0.3 is 11.9 Å². The summed E-state index contributed by atoms with van der Waals surface area (Å²) in [5, 5.41) is 14.0. The number of hydrogen-bond acceptors (Lipinski definition) is 9. The summed E-state index contributed by atoms with van der Waals surface area (Å²) in [4.78, 5) is 38.5. The maximum atomic E-state index is 14.2. The largest absolute Gasteiger partial charge is 0.504 e. The van der Waals surface area contributed by atoms with Crippen LogP contribution in [0.25, 0.3) is 11.1 Å². The van der Waals surface area contributed by atoms with Crippen LogP contribution >= 0.6 is 0 Å². The molecular weight excluding hydrogens is 633 g/mol. The van der Waals surface area contributed by atoms with Gasteiger partial charge in [0.2, 0.25) is 18.3 Å². The number of carbonyl (C=O) groups is 3. The lowest BCUT2D eigenvalue weighted by Gasteiger charge is -2.48. The molecule has 1 saturated heterocycles. The zero-order chi connectivity index (χ0) is 35.1. The average molecular weight is 672 g/mol. The van der Waals surface area contributed by atoms with Crippen molar-refractivity contribution in [3.63, 3.8) is 0 Å². The smallest absolute Gasteiger partial charge is 0.338 e. The van der Waals surface area contributed by atoms with Gasteiger partial charge in [0.1, 0.15) is 11.9 Å². The molecule has 0 unspecified atom stereocenters.